The van der Waals surface area contributed by atoms with Crippen LogP contribution in [0.2, 0.25) is 0 Å². The molecule has 0 unspecified atom stereocenters. The highest BCUT2D eigenvalue weighted by atomic mass is 79.9. The summed E-state index contributed by atoms with van der Waals surface area (Å²) in [5, 5.41) is 0. The van der Waals surface area contributed by atoms with Gasteiger partial charge in [0.25, 0.3) is 0 Å². The molecule has 0 aromatic heterocycles. The van der Waals surface area contributed by atoms with E-state index in [0.717, 1.165) is 6.26 Å². The van der Waals surface area contributed by atoms with E-state index in [2.05, 4.69) is 27.4 Å². The predicted octanol–water partition coefficient (Wildman–Crippen LogP) is 0.779. The lowest BCUT2D eigenvalue weighted by atomic mass is 10.4. The zero-order chi connectivity index (χ0) is 11.4. The minimum Gasteiger partial charge on any atom is -0.480 e. The van der Waals surface area contributed by atoms with E-state index in [1.165, 1.54) is 17.1 Å². The first-order valence-electron chi connectivity index (χ1n) is 3.59. The monoisotopic (exact) mass is 284 g/mol. The number of sulfonamides is 1. The number of halogens is 1. The van der Waals surface area contributed by atoms with Gasteiger partial charge in [-0.25, -0.2) is 8.42 Å². The van der Waals surface area contributed by atoms with E-state index in [9.17, 15) is 8.42 Å². The fraction of sp³-hybridized carbons (Fsp3) is 0.429. The van der Waals surface area contributed by atoms with Crippen LogP contribution in [0, 0.1) is 0 Å². The lowest BCUT2D eigenvalue weighted by Gasteiger charge is -2.16. The van der Waals surface area contributed by atoms with Crippen LogP contribution in [0.4, 0.5) is 0 Å². The molecule has 0 rings (SSSR count). The quantitative estimate of drug-likeness (QED) is 0.461. The Morgan fingerprint density at radius 1 is 1.64 bits per heavy atom. The maximum atomic E-state index is 11.0. The number of rotatable bonds is 5. The summed E-state index contributed by atoms with van der Waals surface area (Å²) in [7, 11) is -0.241. The highest BCUT2D eigenvalue weighted by molar-refractivity contribution is 9.07. The van der Waals surface area contributed by atoms with E-state index in [4.69, 9.17) is 4.74 Å². The molecule has 0 aliphatic heterocycles. The average Bonchev–Trinajstić information content (AvgIpc) is 2.00. The van der Waals surface area contributed by atoms with E-state index < -0.39 is 10.0 Å². The largest absolute Gasteiger partial charge is 0.480 e. The summed E-state index contributed by atoms with van der Waals surface area (Å²) in [5.74, 6) is 0.324. The third-order valence-electron chi connectivity index (χ3n) is 1.20. The Labute approximate surface area is 92.8 Å². The van der Waals surface area contributed by atoms with Gasteiger partial charge in [-0.1, -0.05) is 6.58 Å². The van der Waals surface area contributed by atoms with Crippen LogP contribution in [0.25, 0.3) is 0 Å². The van der Waals surface area contributed by atoms with Crippen LogP contribution in [0.3, 0.4) is 0 Å². The zero-order valence-electron chi connectivity index (χ0n) is 8.24. The fourth-order valence-electron chi connectivity index (χ4n) is 0.774. The normalized spacial score (nSPS) is 12.9. The number of methoxy groups -OCH3 is 1. The van der Waals surface area contributed by atoms with E-state index in [1.54, 1.807) is 7.05 Å². The standard InChI is InChI=1S/C7H13BrN2O3S/c1-5-6(9-14(4,11)12)7(13-3)10(2)8/h5,9H,1H2,2-4H3/b7-6-. The van der Waals surface area contributed by atoms with Gasteiger partial charge in [-0.2, -0.15) is 0 Å². The molecule has 0 amide bonds. The second kappa shape index (κ2) is 5.26. The molecule has 0 saturated carbocycles. The Hall–Kier alpha value is -0.690. The van der Waals surface area contributed by atoms with Crippen molar-refractivity contribution in [2.45, 2.75) is 0 Å². The first-order chi connectivity index (χ1) is 6.31. The molecule has 0 aromatic carbocycles. The molecule has 0 aliphatic carbocycles. The summed E-state index contributed by atoms with van der Waals surface area (Å²) >= 11 is 3.12. The predicted molar refractivity (Wildman–Crippen MR) is 58.9 cm³/mol. The van der Waals surface area contributed by atoms with Crippen molar-refractivity contribution in [1.29, 1.82) is 0 Å². The molecule has 14 heavy (non-hydrogen) atoms. The van der Waals surface area contributed by atoms with E-state index in [-0.39, 0.29) is 5.70 Å². The molecule has 5 nitrogen and oxygen atoms in total. The number of hydrogen-bond acceptors (Lipinski definition) is 4. The average molecular weight is 285 g/mol. The minimum atomic E-state index is -3.33. The third-order valence-corrected chi connectivity index (χ3v) is 2.12. The Balaban J connectivity index is 5.10. The molecule has 7 heteroatoms. The van der Waals surface area contributed by atoms with Crippen molar-refractivity contribution in [3.63, 3.8) is 0 Å². The summed E-state index contributed by atoms with van der Waals surface area (Å²) in [6.07, 6.45) is 2.41. The topological polar surface area (TPSA) is 58.6 Å². The molecule has 0 heterocycles. The molecular weight excluding hydrogens is 272 g/mol. The zero-order valence-corrected chi connectivity index (χ0v) is 10.6. The summed E-state index contributed by atoms with van der Waals surface area (Å²) in [6, 6.07) is 0. The van der Waals surface area contributed by atoms with Gasteiger partial charge >= 0.3 is 0 Å². The van der Waals surface area contributed by atoms with Gasteiger partial charge in [-0.3, -0.25) is 8.65 Å². The first-order valence-corrected chi connectivity index (χ1v) is 6.20. The second-order valence-electron chi connectivity index (χ2n) is 2.48. The molecule has 0 bridgehead atoms. The van der Waals surface area contributed by atoms with Crippen LogP contribution in [0.1, 0.15) is 0 Å². The van der Waals surface area contributed by atoms with Gasteiger partial charge in [0, 0.05) is 7.05 Å². The molecule has 0 aromatic rings. The van der Waals surface area contributed by atoms with Gasteiger partial charge in [0.2, 0.25) is 15.9 Å². The van der Waals surface area contributed by atoms with E-state index >= 15 is 0 Å². The van der Waals surface area contributed by atoms with Gasteiger partial charge in [0.15, 0.2) is 0 Å². The maximum Gasteiger partial charge on any atom is 0.229 e. The van der Waals surface area contributed by atoms with Crippen molar-refractivity contribution in [2.75, 3.05) is 20.4 Å². The lowest BCUT2D eigenvalue weighted by molar-refractivity contribution is 0.228. The van der Waals surface area contributed by atoms with Crippen LogP contribution < -0.4 is 4.72 Å². The summed E-state index contributed by atoms with van der Waals surface area (Å²) in [5.41, 5.74) is 0.273. The molecule has 0 radical (unpaired) electrons. The van der Waals surface area contributed by atoms with Crippen molar-refractivity contribution < 1.29 is 13.2 Å². The number of hydrogen-bond donors (Lipinski definition) is 1. The Kier molecular flexibility index (Phi) is 5.00. The molecule has 0 atom stereocenters. The number of nitrogens with zero attached hydrogens (tertiary/aromatic N) is 1. The Morgan fingerprint density at radius 2 is 2.14 bits per heavy atom. The molecule has 82 valence electrons. The van der Waals surface area contributed by atoms with Crippen molar-refractivity contribution in [1.82, 2.24) is 8.65 Å². The molecule has 0 fully saturated rings. The molecule has 0 saturated heterocycles. The fourth-order valence-corrected chi connectivity index (χ4v) is 1.68. The minimum absolute atomic E-state index is 0.273. The summed E-state index contributed by atoms with van der Waals surface area (Å²) in [6.45, 7) is 3.48. The highest BCUT2D eigenvalue weighted by Crippen LogP contribution is 2.12. The summed E-state index contributed by atoms with van der Waals surface area (Å²) < 4.78 is 30.6. The Bertz CT molecular complexity index is 335. The van der Waals surface area contributed by atoms with Crippen LogP contribution in [-0.4, -0.2) is 32.8 Å². The van der Waals surface area contributed by atoms with Gasteiger partial charge in [-0.15, -0.1) is 0 Å². The van der Waals surface area contributed by atoms with Gasteiger partial charge in [0.1, 0.15) is 5.70 Å². The van der Waals surface area contributed by atoms with Crippen molar-refractivity contribution in [3.05, 3.63) is 24.2 Å². The van der Waals surface area contributed by atoms with E-state index in [0.29, 0.717) is 5.88 Å². The number of ether oxygens (including phenoxy) is 1. The van der Waals surface area contributed by atoms with Crippen LogP contribution in [0.15, 0.2) is 24.2 Å². The molecule has 0 aliphatic rings. The molecule has 1 N–H and O–H groups in total. The molecule has 0 spiro atoms. The van der Waals surface area contributed by atoms with Crippen LogP contribution >= 0.6 is 16.1 Å². The van der Waals surface area contributed by atoms with E-state index in [1.807, 2.05) is 0 Å². The summed E-state index contributed by atoms with van der Waals surface area (Å²) in [4.78, 5) is 0. The Morgan fingerprint density at radius 3 is 2.36 bits per heavy atom. The van der Waals surface area contributed by atoms with Gasteiger partial charge in [0.05, 0.1) is 29.5 Å². The van der Waals surface area contributed by atoms with Crippen molar-refractivity contribution in [2.24, 2.45) is 0 Å². The lowest BCUT2D eigenvalue weighted by Crippen LogP contribution is -2.24. The third kappa shape index (κ3) is 4.52. The first kappa shape index (κ1) is 13.3. The second-order valence-corrected chi connectivity index (χ2v) is 5.29. The van der Waals surface area contributed by atoms with Gasteiger partial charge < -0.3 is 4.74 Å². The highest BCUT2D eigenvalue weighted by Gasteiger charge is 2.11. The van der Waals surface area contributed by atoms with Crippen LogP contribution in [0.5, 0.6) is 0 Å². The van der Waals surface area contributed by atoms with Gasteiger partial charge in [-0.05, 0) is 6.08 Å². The van der Waals surface area contributed by atoms with Crippen LogP contribution in [-0.2, 0) is 14.8 Å². The number of nitrogens with one attached hydrogen (secondary N) is 1. The molecular formula is C7H13BrN2O3S. The van der Waals surface area contributed by atoms with Crippen molar-refractivity contribution in [3.8, 4) is 0 Å². The smallest absolute Gasteiger partial charge is 0.229 e. The van der Waals surface area contributed by atoms with Crippen molar-refractivity contribution >= 4 is 26.2 Å². The SMILES string of the molecule is C=C/C(NS(C)(=O)=O)=C(/OC)N(C)Br. The number of allylic oxidation sites excluding steroid dienone is 1. The maximum absolute atomic E-state index is 11.0.